The van der Waals surface area contributed by atoms with Gasteiger partial charge < -0.3 is 5.11 Å². The van der Waals surface area contributed by atoms with E-state index in [9.17, 15) is 5.11 Å². The zero-order valence-corrected chi connectivity index (χ0v) is 20.0. The molecule has 0 amide bonds. The lowest BCUT2D eigenvalue weighted by atomic mass is 9.49. The molecule has 1 aromatic heterocycles. The Morgan fingerprint density at radius 3 is 2.67 bits per heavy atom. The standard InChI is InChI=1S/C28H43NO/c1-17(2)7-6-8-18(3)23-13-19-16-29-24-15-20-14-21(30)9-11-27(20,4)22-10-12-28(23,5)26(19)25(22)24/h16-18,20-23,30H,6-15H2,1-5H3/t18-,20-,21+,22+,23-,27+,28-/m1/s1. The van der Waals surface area contributed by atoms with Crippen LogP contribution in [0.3, 0.4) is 0 Å². The van der Waals surface area contributed by atoms with E-state index in [0.717, 1.165) is 37.0 Å². The van der Waals surface area contributed by atoms with Crippen molar-refractivity contribution in [2.45, 2.75) is 116 Å². The zero-order chi connectivity index (χ0) is 21.3. The highest BCUT2D eigenvalue weighted by Gasteiger charge is 2.57. The summed E-state index contributed by atoms with van der Waals surface area (Å²) in [4.78, 5) is 5.09. The van der Waals surface area contributed by atoms with E-state index < -0.39 is 0 Å². The number of rotatable bonds is 5. The van der Waals surface area contributed by atoms with E-state index in [0.29, 0.717) is 22.7 Å². The van der Waals surface area contributed by atoms with Crippen LogP contribution in [0.1, 0.15) is 114 Å². The molecule has 5 rings (SSSR count). The van der Waals surface area contributed by atoms with Crippen LogP contribution in [0.2, 0.25) is 0 Å². The van der Waals surface area contributed by atoms with E-state index in [1.54, 1.807) is 16.7 Å². The number of pyridine rings is 1. The van der Waals surface area contributed by atoms with Crippen molar-refractivity contribution >= 4 is 0 Å². The fourth-order valence-electron chi connectivity index (χ4n) is 8.46. The molecule has 30 heavy (non-hydrogen) atoms. The zero-order valence-electron chi connectivity index (χ0n) is 20.0. The van der Waals surface area contributed by atoms with Crippen LogP contribution in [-0.2, 0) is 18.3 Å². The minimum atomic E-state index is -0.0935. The Hall–Kier alpha value is -0.890. The van der Waals surface area contributed by atoms with Gasteiger partial charge >= 0.3 is 0 Å². The molecule has 1 heterocycles. The Bertz CT molecular complexity index is 815. The lowest BCUT2D eigenvalue weighted by molar-refractivity contribution is -0.0143. The average Bonchev–Trinajstić information content (AvgIpc) is 3.00. The Labute approximate surface area is 184 Å². The molecular weight excluding hydrogens is 366 g/mol. The van der Waals surface area contributed by atoms with Crippen LogP contribution >= 0.6 is 0 Å². The van der Waals surface area contributed by atoms with Gasteiger partial charge in [-0.25, -0.2) is 0 Å². The quantitative estimate of drug-likeness (QED) is 0.596. The maximum Gasteiger partial charge on any atom is 0.0543 e. The Kier molecular flexibility index (Phi) is 5.12. The van der Waals surface area contributed by atoms with Gasteiger partial charge in [0.15, 0.2) is 0 Å². The molecule has 0 radical (unpaired) electrons. The molecule has 0 aromatic carbocycles. The van der Waals surface area contributed by atoms with Crippen LogP contribution in [0.25, 0.3) is 0 Å². The van der Waals surface area contributed by atoms with Crippen LogP contribution in [0.4, 0.5) is 0 Å². The first-order valence-corrected chi connectivity index (χ1v) is 12.9. The van der Waals surface area contributed by atoms with Gasteiger partial charge in [0, 0.05) is 11.9 Å². The van der Waals surface area contributed by atoms with Crippen LogP contribution in [-0.4, -0.2) is 16.2 Å². The van der Waals surface area contributed by atoms with Crippen molar-refractivity contribution in [3.63, 3.8) is 0 Å². The van der Waals surface area contributed by atoms with E-state index in [1.165, 1.54) is 50.6 Å². The second kappa shape index (κ2) is 7.32. The van der Waals surface area contributed by atoms with Crippen LogP contribution in [0.5, 0.6) is 0 Å². The summed E-state index contributed by atoms with van der Waals surface area (Å²) >= 11 is 0. The van der Waals surface area contributed by atoms with Gasteiger partial charge in [0.05, 0.1) is 6.10 Å². The minimum absolute atomic E-state index is 0.0935. The van der Waals surface area contributed by atoms with Crippen LogP contribution in [0, 0.1) is 29.1 Å². The summed E-state index contributed by atoms with van der Waals surface area (Å²) in [5, 5.41) is 10.4. The third-order valence-electron chi connectivity index (χ3n) is 10.3. The monoisotopic (exact) mass is 409 g/mol. The van der Waals surface area contributed by atoms with Crippen molar-refractivity contribution in [3.05, 3.63) is 28.6 Å². The molecule has 166 valence electrons. The van der Waals surface area contributed by atoms with Gasteiger partial charge in [-0.15, -0.1) is 0 Å². The van der Waals surface area contributed by atoms with Crippen molar-refractivity contribution in [2.24, 2.45) is 29.1 Å². The third-order valence-corrected chi connectivity index (χ3v) is 10.3. The van der Waals surface area contributed by atoms with Gasteiger partial charge in [0.25, 0.3) is 0 Å². The summed E-state index contributed by atoms with van der Waals surface area (Å²) < 4.78 is 0. The molecule has 0 aliphatic heterocycles. The summed E-state index contributed by atoms with van der Waals surface area (Å²) in [6.07, 6.45) is 14.5. The summed E-state index contributed by atoms with van der Waals surface area (Å²) in [6, 6.07) is 0. The molecule has 0 unspecified atom stereocenters. The molecule has 1 N–H and O–H groups in total. The van der Waals surface area contributed by atoms with E-state index >= 15 is 0 Å². The molecule has 1 aromatic rings. The van der Waals surface area contributed by atoms with Gasteiger partial charge in [-0.05, 0) is 102 Å². The van der Waals surface area contributed by atoms with E-state index in [-0.39, 0.29) is 6.10 Å². The van der Waals surface area contributed by atoms with Crippen molar-refractivity contribution in [2.75, 3.05) is 0 Å². The maximum atomic E-state index is 10.4. The first-order valence-electron chi connectivity index (χ1n) is 12.9. The third kappa shape index (κ3) is 3.03. The van der Waals surface area contributed by atoms with Gasteiger partial charge in [-0.2, -0.15) is 0 Å². The van der Waals surface area contributed by atoms with Crippen molar-refractivity contribution in [1.82, 2.24) is 4.98 Å². The average molecular weight is 410 g/mol. The van der Waals surface area contributed by atoms with Crippen molar-refractivity contribution < 1.29 is 5.11 Å². The van der Waals surface area contributed by atoms with Gasteiger partial charge in [0.1, 0.15) is 0 Å². The summed E-state index contributed by atoms with van der Waals surface area (Å²) in [6.45, 7) is 12.4. The van der Waals surface area contributed by atoms with Gasteiger partial charge in [-0.1, -0.05) is 53.9 Å². The molecule has 7 atom stereocenters. The number of nitrogens with zero attached hydrogens (tertiary/aromatic N) is 1. The molecule has 2 heteroatoms. The second-order valence-corrected chi connectivity index (χ2v) is 12.5. The van der Waals surface area contributed by atoms with E-state index in [2.05, 4.69) is 40.8 Å². The minimum Gasteiger partial charge on any atom is -0.393 e. The largest absolute Gasteiger partial charge is 0.393 e. The number of aliphatic hydroxyl groups excluding tert-OH is 1. The van der Waals surface area contributed by atoms with Crippen molar-refractivity contribution in [3.8, 4) is 0 Å². The van der Waals surface area contributed by atoms with E-state index in [4.69, 9.17) is 4.98 Å². The highest BCUT2D eigenvalue weighted by molar-refractivity contribution is 5.52. The highest BCUT2D eigenvalue weighted by atomic mass is 16.3. The number of aliphatic hydroxyl groups is 1. The van der Waals surface area contributed by atoms with Crippen LogP contribution in [0.15, 0.2) is 6.20 Å². The molecule has 1 saturated carbocycles. The number of hydrogen-bond donors (Lipinski definition) is 1. The number of hydrogen-bond acceptors (Lipinski definition) is 2. The lowest BCUT2D eigenvalue weighted by Gasteiger charge is -2.56. The van der Waals surface area contributed by atoms with Crippen LogP contribution < -0.4 is 0 Å². The Morgan fingerprint density at radius 1 is 1.10 bits per heavy atom. The predicted octanol–water partition coefficient (Wildman–Crippen LogP) is 6.57. The predicted molar refractivity (Wildman–Crippen MR) is 124 cm³/mol. The summed E-state index contributed by atoms with van der Waals surface area (Å²) in [7, 11) is 0. The first kappa shape index (κ1) is 21.0. The molecule has 0 saturated heterocycles. The summed E-state index contributed by atoms with van der Waals surface area (Å²) in [5.74, 6) is 3.69. The fourth-order valence-corrected chi connectivity index (χ4v) is 8.46. The lowest BCUT2D eigenvalue weighted by Crippen LogP contribution is -2.48. The van der Waals surface area contributed by atoms with Gasteiger partial charge in [0.2, 0.25) is 0 Å². The molecule has 0 bridgehead atoms. The van der Waals surface area contributed by atoms with Gasteiger partial charge in [-0.3, -0.25) is 4.98 Å². The molecule has 0 spiro atoms. The van der Waals surface area contributed by atoms with E-state index in [1.807, 2.05) is 0 Å². The molecule has 4 aliphatic rings. The molecule has 1 fully saturated rings. The second-order valence-electron chi connectivity index (χ2n) is 12.5. The fraction of sp³-hybridized carbons (Fsp3) is 0.821. The Balaban J connectivity index is 1.49. The molecule has 2 nitrogen and oxygen atoms in total. The van der Waals surface area contributed by atoms with Crippen molar-refractivity contribution in [1.29, 1.82) is 0 Å². The number of aromatic nitrogens is 1. The topological polar surface area (TPSA) is 33.1 Å². The first-order chi connectivity index (χ1) is 14.2. The summed E-state index contributed by atoms with van der Waals surface area (Å²) in [5.41, 5.74) is 7.14. The molecular formula is C28H43NO. The highest BCUT2D eigenvalue weighted by Crippen LogP contribution is 2.65. The smallest absolute Gasteiger partial charge is 0.0543 e. The normalized spacial score (nSPS) is 40.2. The number of fused-ring (bicyclic) bond motifs is 2. The molecule has 4 aliphatic carbocycles. The maximum absolute atomic E-state index is 10.4. The Morgan fingerprint density at radius 2 is 1.90 bits per heavy atom. The SMILES string of the molecule is CC(C)CCC[C@@H](C)[C@H]1Cc2cnc3c4c2[C@]1(C)CC[C@@H]4[C@@]1(C)CC[C@H](O)C[C@@H]1C3.